The number of carbonyl (C=O) groups is 4. The third-order valence-electron chi connectivity index (χ3n) is 6.75. The maximum absolute atomic E-state index is 11.9. The number of hydrogen-bond acceptors (Lipinski definition) is 23. The average molecular weight is 898 g/mol. The van der Waals surface area contributed by atoms with Crippen molar-refractivity contribution in [1.29, 1.82) is 0 Å². The van der Waals surface area contributed by atoms with Gasteiger partial charge in [-0.05, 0) is 34.9 Å². The Balaban J connectivity index is 3.48. The molecule has 0 aromatic carbocycles. The van der Waals surface area contributed by atoms with Crippen molar-refractivity contribution in [1.82, 2.24) is 0 Å². The highest BCUT2D eigenvalue weighted by molar-refractivity contribution is 7.99. The highest BCUT2D eigenvalue weighted by atomic mass is 32.2. The zero-order chi connectivity index (χ0) is 43.1. The van der Waals surface area contributed by atoms with Crippen molar-refractivity contribution in [2.45, 2.75) is 90.1 Å². The maximum Gasteiger partial charge on any atom is 0.311 e. The van der Waals surface area contributed by atoms with E-state index in [9.17, 15) is 19.2 Å². The van der Waals surface area contributed by atoms with E-state index in [1.165, 1.54) is 49.1 Å². The van der Waals surface area contributed by atoms with Gasteiger partial charge in [-0.1, -0.05) is 32.1 Å². The summed E-state index contributed by atoms with van der Waals surface area (Å²) in [5.41, 5.74) is 0. The summed E-state index contributed by atoms with van der Waals surface area (Å²) in [6.45, 7) is 3.39. The molecule has 0 fully saturated rings. The van der Waals surface area contributed by atoms with Crippen LogP contribution in [0.5, 0.6) is 0 Å². The molecule has 0 bridgehead atoms. The summed E-state index contributed by atoms with van der Waals surface area (Å²) in [7, 11) is 0. The van der Waals surface area contributed by atoms with Gasteiger partial charge in [-0.25, -0.2) is 4.89 Å². The van der Waals surface area contributed by atoms with Crippen LogP contribution in [-0.4, -0.2) is 135 Å². The van der Waals surface area contributed by atoms with Crippen LogP contribution in [0.25, 0.3) is 0 Å². The highest BCUT2D eigenvalue weighted by Crippen LogP contribution is 2.09. The normalized spacial score (nSPS) is 11.7. The number of ether oxygens (including phenoxy) is 7. The molecule has 24 heteroatoms. The largest absolute Gasteiger partial charge is 0.463 e. The number of carbonyl (C=O) groups excluding carboxylic acids is 5. The van der Waals surface area contributed by atoms with E-state index < -0.39 is 11.9 Å². The number of unbranched alkanes of at least 4 members (excludes halogenated alkanes) is 7. The van der Waals surface area contributed by atoms with Gasteiger partial charge in [0.15, 0.2) is 6.26 Å². The number of rotatable bonds is 46. The first kappa shape index (κ1) is 56.3. The predicted molar refractivity (Wildman–Crippen MR) is 205 cm³/mol. The molecule has 0 aliphatic heterocycles. The topological polar surface area (TPSA) is 258 Å². The van der Waals surface area contributed by atoms with Gasteiger partial charge < -0.3 is 43.2 Å². The minimum atomic E-state index is -0.572. The first-order valence-electron chi connectivity index (χ1n) is 19.1. The van der Waals surface area contributed by atoms with Gasteiger partial charge >= 0.3 is 23.9 Å². The summed E-state index contributed by atoms with van der Waals surface area (Å²) in [4.78, 5) is 64.4. The molecule has 0 saturated carbocycles. The summed E-state index contributed by atoms with van der Waals surface area (Å²) in [5, 5.41) is 35.0. The molecular weight excluding hydrogens is 836 g/mol. The molecule has 0 spiro atoms. The molecule has 1 unspecified atom stereocenters. The molecule has 0 rings (SSSR count). The Hall–Kier alpha value is -2.69. The fraction of sp³-hybridized carbons (Fsp3) is 0.800. The molecule has 59 heavy (non-hydrogen) atoms. The van der Waals surface area contributed by atoms with Crippen molar-refractivity contribution in [3.05, 3.63) is 12.5 Å². The van der Waals surface area contributed by atoms with E-state index in [-0.39, 0.29) is 96.6 Å². The summed E-state index contributed by atoms with van der Waals surface area (Å²) in [5.74, 6) is 0.295. The fourth-order valence-electron chi connectivity index (χ4n) is 3.97. The summed E-state index contributed by atoms with van der Waals surface area (Å²) in [6.07, 6.45) is 11.9. The molecule has 344 valence electrons. The lowest BCUT2D eigenvalue weighted by molar-refractivity contribution is -0.829. The number of aldehydes is 1. The zero-order valence-corrected chi connectivity index (χ0v) is 35.2. The highest BCUT2D eigenvalue weighted by Gasteiger charge is 2.09. The standard InChI is InChI=1S/C35H60O22S2/c1-31(44-22-23-47-34(40)12-28-58-26-10-32(38)45-20-18-42-16-9-7-5-3-2-4-6-8-14-36)30-43-19-21-46-33(39)11-27-59-29-13-35(41)48-24-25-50-52-54-56-57-55-53-51-49-17-15-37/h14,24-25,31,37H,2-13,15-23,26-30H2,1H3/p+1/b25-24+. The quantitative estimate of drug-likeness (QED) is 0.0133. The van der Waals surface area contributed by atoms with Gasteiger partial charge in [0.05, 0.1) is 71.2 Å². The van der Waals surface area contributed by atoms with Crippen LogP contribution >= 0.6 is 23.5 Å². The minimum absolute atomic E-state index is 0.0593. The molecule has 0 radical (unpaired) electrons. The molecular formula is C35H61O22S2+. The first-order chi connectivity index (χ1) is 28.9. The lowest BCUT2D eigenvalue weighted by atomic mass is 10.1. The van der Waals surface area contributed by atoms with Gasteiger partial charge in [0, 0.05) is 49.8 Å². The minimum Gasteiger partial charge on any atom is -0.463 e. The average Bonchev–Trinajstić information content (AvgIpc) is 3.22. The van der Waals surface area contributed by atoms with Gasteiger partial charge in [0.2, 0.25) is 0 Å². The van der Waals surface area contributed by atoms with E-state index in [0.717, 1.165) is 44.6 Å². The number of hydrogen-bond donors (Lipinski definition) is 1. The SMILES string of the molecule is CC(COCCOC(=O)CCSCCC(=O)O/C=C/OOOOOOOOOCCO)OCCOC(=O)CCSCCC(=O)OCCOCCCCCCCCCC=[OH+]. The van der Waals surface area contributed by atoms with Gasteiger partial charge in [-0.15, -0.1) is 0 Å². The summed E-state index contributed by atoms with van der Waals surface area (Å²) < 4.78 is 36.8. The lowest BCUT2D eigenvalue weighted by Gasteiger charge is -2.13. The Bertz CT molecular complexity index is 1040. The van der Waals surface area contributed by atoms with Crippen LogP contribution in [0.3, 0.4) is 0 Å². The van der Waals surface area contributed by atoms with E-state index in [1.807, 2.05) is 0 Å². The number of esters is 4. The molecule has 0 saturated heterocycles. The Morgan fingerprint density at radius 3 is 1.66 bits per heavy atom. The van der Waals surface area contributed by atoms with Crippen molar-refractivity contribution in [3.8, 4) is 0 Å². The van der Waals surface area contributed by atoms with Crippen molar-refractivity contribution in [2.75, 3.05) is 89.1 Å². The molecule has 0 aromatic heterocycles. The monoisotopic (exact) mass is 897 g/mol. The Labute approximate surface area is 352 Å². The Kier molecular flexibility index (Phi) is 44.3. The van der Waals surface area contributed by atoms with E-state index in [0.29, 0.717) is 36.2 Å². The van der Waals surface area contributed by atoms with Crippen LogP contribution in [0, 0.1) is 0 Å². The molecule has 2 N–H and O–H groups in total. The second-order valence-corrected chi connectivity index (χ2v) is 14.0. The molecule has 0 heterocycles. The third kappa shape index (κ3) is 46.2. The number of aliphatic hydroxyl groups is 1. The zero-order valence-electron chi connectivity index (χ0n) is 33.6. The molecule has 0 aliphatic rings. The Morgan fingerprint density at radius 2 is 1.07 bits per heavy atom. The van der Waals surface area contributed by atoms with E-state index in [1.54, 1.807) is 6.92 Å². The van der Waals surface area contributed by atoms with Crippen molar-refractivity contribution in [2.24, 2.45) is 0 Å². The second kappa shape index (κ2) is 46.4. The van der Waals surface area contributed by atoms with Crippen LogP contribution in [0.1, 0.15) is 84.0 Å². The van der Waals surface area contributed by atoms with Crippen LogP contribution in [0.2, 0.25) is 0 Å². The molecule has 0 aliphatic carbocycles. The summed E-state index contributed by atoms with van der Waals surface area (Å²) in [6, 6.07) is 0. The third-order valence-corrected chi connectivity index (χ3v) is 8.72. The van der Waals surface area contributed by atoms with Gasteiger partial charge in [-0.3, -0.25) is 24.0 Å². The number of thioether (sulfide) groups is 2. The van der Waals surface area contributed by atoms with Gasteiger partial charge in [0.1, 0.15) is 32.7 Å². The fourth-order valence-corrected chi connectivity index (χ4v) is 5.62. The predicted octanol–water partition coefficient (Wildman–Crippen LogP) is 3.85. The summed E-state index contributed by atoms with van der Waals surface area (Å²) >= 11 is 2.84. The van der Waals surface area contributed by atoms with Crippen LogP contribution < -0.4 is 0 Å². The number of aliphatic hydroxyl groups excluding tert-OH is 1. The first-order valence-corrected chi connectivity index (χ1v) is 21.5. The van der Waals surface area contributed by atoms with Crippen LogP contribution in [0.4, 0.5) is 0 Å². The maximum atomic E-state index is 11.9. The van der Waals surface area contributed by atoms with E-state index in [2.05, 4.69) is 45.0 Å². The van der Waals surface area contributed by atoms with Crippen molar-refractivity contribution >= 4 is 53.7 Å². The van der Waals surface area contributed by atoms with Gasteiger partial charge in [0.25, 0.3) is 6.29 Å². The van der Waals surface area contributed by atoms with Crippen LogP contribution in [0.15, 0.2) is 12.5 Å². The second-order valence-electron chi connectivity index (χ2n) is 11.6. The van der Waals surface area contributed by atoms with E-state index >= 15 is 0 Å². The van der Waals surface area contributed by atoms with E-state index in [4.69, 9.17) is 43.1 Å². The van der Waals surface area contributed by atoms with Crippen molar-refractivity contribution in [3.63, 3.8) is 0 Å². The lowest BCUT2D eigenvalue weighted by Crippen LogP contribution is -2.21. The molecule has 1 atom stereocenters. The van der Waals surface area contributed by atoms with Crippen LogP contribution in [-0.2, 0) is 97.4 Å². The molecule has 22 nitrogen and oxygen atoms in total. The Morgan fingerprint density at radius 1 is 0.559 bits per heavy atom. The van der Waals surface area contributed by atoms with Gasteiger partial charge in [-0.2, -0.15) is 23.5 Å². The van der Waals surface area contributed by atoms with Crippen molar-refractivity contribution < 1.29 is 107 Å². The molecule has 0 aromatic rings. The molecule has 0 amide bonds. The smallest absolute Gasteiger partial charge is 0.311 e.